The first kappa shape index (κ1) is 15.3. The Morgan fingerprint density at radius 3 is 2.33 bits per heavy atom. The van der Waals surface area contributed by atoms with E-state index in [1.54, 1.807) is 0 Å². The molecule has 0 aromatic carbocycles. The Balaban J connectivity index is 2.37. The molecule has 1 fully saturated rings. The zero-order valence-corrected chi connectivity index (χ0v) is 11.0. The fourth-order valence-electron chi connectivity index (χ4n) is 2.44. The summed E-state index contributed by atoms with van der Waals surface area (Å²) in [4.78, 5) is 0. The summed E-state index contributed by atoms with van der Waals surface area (Å²) < 4.78 is 36.1. The zero-order chi connectivity index (χ0) is 13.8. The Hall–Kier alpha value is -0.760. The van der Waals surface area contributed by atoms with Crippen LogP contribution in [0.15, 0.2) is 0 Å². The molecule has 2 nitrogen and oxygen atoms in total. The molecule has 18 heavy (non-hydrogen) atoms. The summed E-state index contributed by atoms with van der Waals surface area (Å²) in [6, 6.07) is 1.67. The van der Waals surface area contributed by atoms with E-state index in [9.17, 15) is 13.2 Å². The molecule has 1 unspecified atom stereocenters. The third-order valence-electron chi connectivity index (χ3n) is 3.77. The van der Waals surface area contributed by atoms with Crippen molar-refractivity contribution in [2.24, 2.45) is 11.3 Å². The Labute approximate surface area is 107 Å². The predicted molar refractivity (Wildman–Crippen MR) is 63.8 cm³/mol. The standard InChI is InChI=1S/C13H21F3N2/c1-12(2)5-3-10(4-6-12)11(9-17)18-8-7-13(14,15)16/h10-11,18H,3-8H2,1-2H3. The van der Waals surface area contributed by atoms with Crippen molar-refractivity contribution in [3.05, 3.63) is 0 Å². The summed E-state index contributed by atoms with van der Waals surface area (Å²) in [5.74, 6) is 0.191. The van der Waals surface area contributed by atoms with Crippen molar-refractivity contribution < 1.29 is 13.2 Å². The normalized spacial score (nSPS) is 22.4. The third kappa shape index (κ3) is 5.26. The van der Waals surface area contributed by atoms with Gasteiger partial charge in [0.2, 0.25) is 0 Å². The van der Waals surface area contributed by atoms with Crippen LogP contribution >= 0.6 is 0 Å². The van der Waals surface area contributed by atoms with Crippen molar-refractivity contribution in [1.29, 1.82) is 5.26 Å². The molecule has 0 saturated heterocycles. The highest BCUT2D eigenvalue weighted by atomic mass is 19.4. The van der Waals surface area contributed by atoms with Gasteiger partial charge in [-0.15, -0.1) is 0 Å². The van der Waals surface area contributed by atoms with E-state index in [2.05, 4.69) is 25.2 Å². The summed E-state index contributed by atoms with van der Waals surface area (Å²) in [6.45, 7) is 4.23. The molecule has 0 amide bonds. The summed E-state index contributed by atoms with van der Waals surface area (Å²) in [6.07, 6.45) is -1.10. The first-order chi connectivity index (χ1) is 8.23. The van der Waals surface area contributed by atoms with Crippen LogP contribution < -0.4 is 5.32 Å². The number of rotatable bonds is 4. The van der Waals surface area contributed by atoms with Crippen molar-refractivity contribution in [1.82, 2.24) is 5.32 Å². The minimum Gasteiger partial charge on any atom is -0.301 e. The molecular weight excluding hydrogens is 241 g/mol. The number of alkyl halides is 3. The van der Waals surface area contributed by atoms with Crippen LogP contribution in [0.3, 0.4) is 0 Å². The van der Waals surface area contributed by atoms with Crippen molar-refractivity contribution in [3.63, 3.8) is 0 Å². The van der Waals surface area contributed by atoms with E-state index < -0.39 is 18.6 Å². The molecule has 0 aliphatic heterocycles. The van der Waals surface area contributed by atoms with Crippen LogP contribution in [0.4, 0.5) is 13.2 Å². The molecule has 0 aromatic rings. The van der Waals surface area contributed by atoms with Crippen LogP contribution in [-0.2, 0) is 0 Å². The fourth-order valence-corrected chi connectivity index (χ4v) is 2.44. The maximum absolute atomic E-state index is 12.0. The van der Waals surface area contributed by atoms with Gasteiger partial charge in [-0.25, -0.2) is 0 Å². The van der Waals surface area contributed by atoms with Gasteiger partial charge in [-0.3, -0.25) is 0 Å². The van der Waals surface area contributed by atoms with Crippen molar-refractivity contribution in [3.8, 4) is 6.07 Å². The molecule has 1 aliphatic rings. The Morgan fingerprint density at radius 1 is 1.33 bits per heavy atom. The monoisotopic (exact) mass is 262 g/mol. The van der Waals surface area contributed by atoms with E-state index in [1.807, 2.05) is 0 Å². The lowest BCUT2D eigenvalue weighted by atomic mass is 9.71. The van der Waals surface area contributed by atoms with Gasteiger partial charge in [-0.2, -0.15) is 18.4 Å². The average Bonchev–Trinajstić information content (AvgIpc) is 2.24. The maximum Gasteiger partial charge on any atom is 0.390 e. The van der Waals surface area contributed by atoms with Gasteiger partial charge in [-0.05, 0) is 37.0 Å². The van der Waals surface area contributed by atoms with Gasteiger partial charge in [0.15, 0.2) is 0 Å². The Morgan fingerprint density at radius 2 is 1.89 bits per heavy atom. The molecule has 1 saturated carbocycles. The predicted octanol–water partition coefficient (Wildman–Crippen LogP) is 3.64. The lowest BCUT2D eigenvalue weighted by Crippen LogP contribution is -2.39. The number of hydrogen-bond acceptors (Lipinski definition) is 2. The summed E-state index contributed by atoms with van der Waals surface area (Å²) >= 11 is 0. The number of nitrogens with one attached hydrogen (secondary N) is 1. The second-order valence-corrected chi connectivity index (χ2v) is 5.93. The van der Waals surface area contributed by atoms with Crippen LogP contribution in [0, 0.1) is 22.7 Å². The second-order valence-electron chi connectivity index (χ2n) is 5.93. The minimum absolute atomic E-state index is 0.165. The number of hydrogen-bond donors (Lipinski definition) is 1. The SMILES string of the molecule is CC1(C)CCC(C(C#N)NCCC(F)(F)F)CC1. The van der Waals surface area contributed by atoms with Gasteiger partial charge in [0.05, 0.1) is 18.5 Å². The molecule has 104 valence electrons. The number of halogens is 3. The van der Waals surface area contributed by atoms with Gasteiger partial charge in [0.1, 0.15) is 0 Å². The van der Waals surface area contributed by atoms with Crippen molar-refractivity contribution in [2.75, 3.05) is 6.54 Å². The number of nitrogens with zero attached hydrogens (tertiary/aromatic N) is 1. The van der Waals surface area contributed by atoms with E-state index in [1.165, 1.54) is 0 Å². The minimum atomic E-state index is -4.15. The number of nitriles is 1. The molecule has 1 N–H and O–H groups in total. The smallest absolute Gasteiger partial charge is 0.301 e. The lowest BCUT2D eigenvalue weighted by Gasteiger charge is -2.36. The van der Waals surface area contributed by atoms with Crippen molar-refractivity contribution >= 4 is 0 Å². The van der Waals surface area contributed by atoms with Crippen LogP contribution in [0.5, 0.6) is 0 Å². The summed E-state index contributed by atoms with van der Waals surface area (Å²) in [5, 5.41) is 11.8. The molecule has 0 heterocycles. The van der Waals surface area contributed by atoms with Crippen LogP contribution in [-0.4, -0.2) is 18.8 Å². The van der Waals surface area contributed by atoms with E-state index in [0.717, 1.165) is 25.7 Å². The quantitative estimate of drug-likeness (QED) is 0.839. The fraction of sp³-hybridized carbons (Fsp3) is 0.923. The molecule has 1 atom stereocenters. The zero-order valence-electron chi connectivity index (χ0n) is 11.0. The van der Waals surface area contributed by atoms with Gasteiger partial charge < -0.3 is 5.32 Å². The van der Waals surface area contributed by atoms with Gasteiger partial charge in [0, 0.05) is 6.54 Å². The Kier molecular flexibility index (Phi) is 5.03. The highest BCUT2D eigenvalue weighted by Crippen LogP contribution is 2.39. The molecule has 1 aliphatic carbocycles. The first-order valence-corrected chi connectivity index (χ1v) is 6.43. The Bertz CT molecular complexity index is 294. The average molecular weight is 262 g/mol. The van der Waals surface area contributed by atoms with E-state index in [-0.39, 0.29) is 12.5 Å². The highest BCUT2D eigenvalue weighted by molar-refractivity contribution is 4.97. The van der Waals surface area contributed by atoms with E-state index in [0.29, 0.717) is 5.41 Å². The van der Waals surface area contributed by atoms with E-state index in [4.69, 9.17) is 5.26 Å². The van der Waals surface area contributed by atoms with Crippen LogP contribution in [0.2, 0.25) is 0 Å². The topological polar surface area (TPSA) is 35.8 Å². The molecule has 0 bridgehead atoms. The van der Waals surface area contributed by atoms with Crippen LogP contribution in [0.1, 0.15) is 46.0 Å². The summed E-state index contributed by atoms with van der Waals surface area (Å²) in [7, 11) is 0. The highest BCUT2D eigenvalue weighted by Gasteiger charge is 2.32. The second kappa shape index (κ2) is 5.92. The lowest BCUT2D eigenvalue weighted by molar-refractivity contribution is -0.133. The van der Waals surface area contributed by atoms with Crippen molar-refractivity contribution in [2.45, 2.75) is 58.2 Å². The maximum atomic E-state index is 12.0. The van der Waals surface area contributed by atoms with Gasteiger partial charge in [0.25, 0.3) is 0 Å². The molecule has 0 spiro atoms. The molecule has 5 heteroatoms. The first-order valence-electron chi connectivity index (χ1n) is 6.43. The molecule has 1 rings (SSSR count). The van der Waals surface area contributed by atoms with E-state index >= 15 is 0 Å². The van der Waals surface area contributed by atoms with Gasteiger partial charge in [-0.1, -0.05) is 13.8 Å². The molecular formula is C13H21F3N2. The molecule has 0 radical (unpaired) electrons. The largest absolute Gasteiger partial charge is 0.390 e. The third-order valence-corrected chi connectivity index (χ3v) is 3.77. The van der Waals surface area contributed by atoms with Crippen LogP contribution in [0.25, 0.3) is 0 Å². The molecule has 0 aromatic heterocycles. The van der Waals surface area contributed by atoms with Gasteiger partial charge >= 0.3 is 6.18 Å². The summed E-state index contributed by atoms with van der Waals surface area (Å²) in [5.41, 5.74) is 0.308.